The number of amides is 2. The summed E-state index contributed by atoms with van der Waals surface area (Å²) < 4.78 is 14.4. The summed E-state index contributed by atoms with van der Waals surface area (Å²) in [6.45, 7) is 7.53. The second-order valence-electron chi connectivity index (χ2n) is 6.22. The van der Waals surface area contributed by atoms with E-state index in [9.17, 15) is 14.0 Å². The maximum absolute atomic E-state index is 13.5. The van der Waals surface area contributed by atoms with Gasteiger partial charge in [-0.1, -0.05) is 0 Å². The zero-order valence-corrected chi connectivity index (χ0v) is 17.1. The number of fused-ring (bicyclic) bond motifs is 1. The Morgan fingerprint density at radius 2 is 2.07 bits per heavy atom. The van der Waals surface area contributed by atoms with Gasteiger partial charge >= 0.3 is 164 Å². The molecule has 1 aromatic heterocycles. The fourth-order valence-corrected chi connectivity index (χ4v) is 4.68. The summed E-state index contributed by atoms with van der Waals surface area (Å²) in [6, 6.07) is 6.05. The number of halogens is 1. The van der Waals surface area contributed by atoms with Crippen molar-refractivity contribution in [2.75, 3.05) is 31.5 Å². The van der Waals surface area contributed by atoms with E-state index < -0.39 is 0 Å². The molecule has 1 aromatic carbocycles. The van der Waals surface area contributed by atoms with E-state index in [1.807, 2.05) is 11.0 Å². The van der Waals surface area contributed by atoms with Crippen LogP contribution in [-0.4, -0.2) is 57.4 Å². The van der Waals surface area contributed by atoms with Crippen molar-refractivity contribution in [2.24, 2.45) is 0 Å². The second kappa shape index (κ2) is 8.65. The Hall–Kier alpha value is -2.21. The average Bonchev–Trinajstić information content (AvgIpc) is 3.24. The third-order valence-corrected chi connectivity index (χ3v) is 6.39. The third-order valence-electron chi connectivity index (χ3n) is 4.54. The summed E-state index contributed by atoms with van der Waals surface area (Å²) in [7, 11) is 0. The molecule has 1 aliphatic heterocycles. The molecule has 1 aliphatic rings. The van der Waals surface area contributed by atoms with E-state index in [1.165, 1.54) is 12.1 Å². The Bertz CT molecular complexity index is 887. The van der Waals surface area contributed by atoms with E-state index in [1.54, 1.807) is 12.1 Å². The number of benzene rings is 1. The molecule has 0 saturated carbocycles. The fraction of sp³-hybridized carbons (Fsp3) is 0.300. The first-order chi connectivity index (χ1) is 13.0. The van der Waals surface area contributed by atoms with Crippen LogP contribution in [0, 0.1) is 5.82 Å². The van der Waals surface area contributed by atoms with Crippen molar-refractivity contribution >= 4 is 43.7 Å². The van der Waals surface area contributed by atoms with Gasteiger partial charge in [0.25, 0.3) is 0 Å². The molecule has 142 valence electrons. The molecular weight excluding hydrogens is 412 g/mol. The Labute approximate surface area is 164 Å². The van der Waals surface area contributed by atoms with Gasteiger partial charge in [0.2, 0.25) is 0 Å². The molecule has 0 saturated heterocycles. The molecule has 2 heterocycles. The monoisotopic (exact) mass is 435 g/mol. The van der Waals surface area contributed by atoms with Crippen LogP contribution in [0.3, 0.4) is 0 Å². The normalized spacial score (nSPS) is 14.5. The van der Waals surface area contributed by atoms with Crippen molar-refractivity contribution in [2.45, 2.75) is 13.8 Å². The van der Waals surface area contributed by atoms with Gasteiger partial charge in [-0.25, -0.2) is 0 Å². The molecule has 0 spiro atoms. The van der Waals surface area contributed by atoms with Gasteiger partial charge in [0, 0.05) is 0 Å². The van der Waals surface area contributed by atoms with Gasteiger partial charge in [-0.3, -0.25) is 0 Å². The van der Waals surface area contributed by atoms with Crippen LogP contribution in [0.25, 0.3) is 11.6 Å². The molecule has 2 aromatic rings. The van der Waals surface area contributed by atoms with E-state index >= 15 is 0 Å². The number of carbonyl (C=O) groups excluding carboxylic acids is 2. The van der Waals surface area contributed by atoms with Crippen molar-refractivity contribution in [1.29, 1.82) is 0 Å². The van der Waals surface area contributed by atoms with Crippen LogP contribution in [0.15, 0.2) is 29.2 Å². The topological polar surface area (TPSA) is 61.4 Å². The maximum atomic E-state index is 13.5. The number of likely N-dealkylation sites (N-methyl/N-ethyl adjacent to an activating group) is 1. The molecule has 2 N–H and O–H groups in total. The number of hydrogen-bond donors (Lipinski definition) is 2. The summed E-state index contributed by atoms with van der Waals surface area (Å²) in [5.41, 5.74) is 2.24. The fourth-order valence-electron chi connectivity index (χ4n) is 2.96. The number of anilines is 1. The summed E-state index contributed by atoms with van der Waals surface area (Å²) in [6.07, 6.45) is 1.76. The number of nitrogens with zero attached hydrogens (tertiary/aromatic N) is 1. The van der Waals surface area contributed by atoms with Crippen molar-refractivity contribution in [3.05, 3.63) is 50.6 Å². The van der Waals surface area contributed by atoms with Gasteiger partial charge < -0.3 is 0 Å². The average molecular weight is 434 g/mol. The van der Waals surface area contributed by atoms with Crippen molar-refractivity contribution in [3.8, 4) is 0 Å². The molecule has 0 radical (unpaired) electrons. The minimum atomic E-state index is -0.381. The van der Waals surface area contributed by atoms with Crippen LogP contribution in [0.1, 0.15) is 34.2 Å². The molecule has 0 atom stereocenters. The van der Waals surface area contributed by atoms with E-state index in [4.69, 9.17) is 0 Å². The van der Waals surface area contributed by atoms with Crippen molar-refractivity contribution in [3.63, 3.8) is 0 Å². The molecule has 5 nitrogen and oxygen atoms in total. The Kier molecular flexibility index (Phi) is 6.26. The van der Waals surface area contributed by atoms with E-state index in [2.05, 4.69) is 29.4 Å². The standard InChI is InChI=1S/C20H22FN3O2Se/c1-3-24(4-2)8-7-22-19(25)13-9-15(27-12-13)11-17-16-10-14(21)5-6-18(16)23-20(17)26/h5-6,9-12H,3-4,7-8H2,1-2H3,(H,22,25)(H,23,26). The van der Waals surface area contributed by atoms with Gasteiger partial charge in [-0.15, -0.1) is 0 Å². The Morgan fingerprint density at radius 1 is 1.30 bits per heavy atom. The van der Waals surface area contributed by atoms with Crippen LogP contribution in [0.2, 0.25) is 0 Å². The van der Waals surface area contributed by atoms with Gasteiger partial charge in [0.15, 0.2) is 0 Å². The molecule has 0 fully saturated rings. The Morgan fingerprint density at radius 3 is 2.81 bits per heavy atom. The number of nitrogens with one attached hydrogen (secondary N) is 2. The molecule has 0 aliphatic carbocycles. The molecule has 0 bridgehead atoms. The molecule has 0 unspecified atom stereocenters. The van der Waals surface area contributed by atoms with Crippen LogP contribution in [0.4, 0.5) is 10.1 Å². The summed E-state index contributed by atoms with van der Waals surface area (Å²) >= 11 is -0.0328. The first kappa shape index (κ1) is 19.5. The number of hydrogen-bond acceptors (Lipinski definition) is 3. The van der Waals surface area contributed by atoms with Gasteiger partial charge in [-0.05, 0) is 0 Å². The van der Waals surface area contributed by atoms with E-state index in [-0.39, 0.29) is 32.1 Å². The zero-order chi connectivity index (χ0) is 19.4. The number of rotatable bonds is 7. The summed E-state index contributed by atoms with van der Waals surface area (Å²) in [5.74, 6) is -0.724. The van der Waals surface area contributed by atoms with Crippen LogP contribution >= 0.6 is 0 Å². The number of carbonyl (C=O) groups is 2. The predicted molar refractivity (Wildman–Crippen MR) is 106 cm³/mol. The van der Waals surface area contributed by atoms with Crippen LogP contribution in [0.5, 0.6) is 0 Å². The SMILES string of the molecule is CCN(CC)CCNC(=O)c1c[se]c(C=C2C(=O)Nc3ccc(F)cc32)c1. The van der Waals surface area contributed by atoms with E-state index in [0.717, 1.165) is 24.1 Å². The first-order valence-corrected chi connectivity index (χ1v) is 10.8. The van der Waals surface area contributed by atoms with Gasteiger partial charge in [-0.2, -0.15) is 0 Å². The molecular formula is C20H22FN3O2Se. The Balaban J connectivity index is 1.69. The van der Waals surface area contributed by atoms with E-state index in [0.29, 0.717) is 28.9 Å². The van der Waals surface area contributed by atoms with Gasteiger partial charge in [0.05, 0.1) is 0 Å². The first-order valence-electron chi connectivity index (χ1n) is 8.93. The van der Waals surface area contributed by atoms with Gasteiger partial charge in [0.1, 0.15) is 0 Å². The molecule has 27 heavy (non-hydrogen) atoms. The third kappa shape index (κ3) is 4.56. The zero-order valence-electron chi connectivity index (χ0n) is 15.3. The predicted octanol–water partition coefficient (Wildman–Crippen LogP) is 2.45. The van der Waals surface area contributed by atoms with Crippen molar-refractivity contribution in [1.82, 2.24) is 10.2 Å². The molecule has 3 rings (SSSR count). The van der Waals surface area contributed by atoms with Crippen LogP contribution in [-0.2, 0) is 4.79 Å². The van der Waals surface area contributed by atoms with Crippen molar-refractivity contribution < 1.29 is 14.0 Å². The van der Waals surface area contributed by atoms with Crippen LogP contribution < -0.4 is 10.6 Å². The minimum absolute atomic E-state index is 0.0328. The summed E-state index contributed by atoms with van der Waals surface area (Å²) in [5, 5.41) is 5.67. The molecule has 2 amide bonds. The second-order valence-corrected chi connectivity index (χ2v) is 8.20. The quantitative estimate of drug-likeness (QED) is 0.520. The summed E-state index contributed by atoms with van der Waals surface area (Å²) in [4.78, 5) is 28.6. The molecule has 7 heteroatoms.